The minimum Gasteiger partial charge on any atom is -0.320 e. The molecule has 1 aromatic carbocycles. The van der Waals surface area contributed by atoms with Crippen LogP contribution in [-0.2, 0) is 0 Å². The number of nitrogens with zero attached hydrogens (tertiary/aromatic N) is 6. The molecule has 32 heavy (non-hydrogen) atoms. The van der Waals surface area contributed by atoms with Crippen LogP contribution in [0.4, 0.5) is 5.69 Å². The molecule has 4 aromatic heterocycles. The minimum absolute atomic E-state index is 0.200. The van der Waals surface area contributed by atoms with Crippen molar-refractivity contribution in [3.05, 3.63) is 85.1 Å². The summed E-state index contributed by atoms with van der Waals surface area (Å²) in [6, 6.07) is 15.4. The van der Waals surface area contributed by atoms with Gasteiger partial charge in [-0.05, 0) is 44.2 Å². The van der Waals surface area contributed by atoms with Gasteiger partial charge in [-0.15, -0.1) is 0 Å². The van der Waals surface area contributed by atoms with Crippen LogP contribution < -0.4 is 5.32 Å². The second-order valence-electron chi connectivity index (χ2n) is 7.69. The summed E-state index contributed by atoms with van der Waals surface area (Å²) in [4.78, 5) is 21.9. The van der Waals surface area contributed by atoms with Crippen LogP contribution in [0.5, 0.6) is 0 Å². The molecule has 0 saturated carbocycles. The van der Waals surface area contributed by atoms with E-state index in [1.807, 2.05) is 67.1 Å². The molecule has 5 aromatic rings. The average Bonchev–Trinajstić information content (AvgIpc) is 3.45. The highest BCUT2D eigenvalue weighted by atomic mass is 16.1. The second kappa shape index (κ2) is 8.07. The fourth-order valence-corrected chi connectivity index (χ4v) is 3.55. The van der Waals surface area contributed by atoms with E-state index in [4.69, 9.17) is 0 Å². The predicted molar refractivity (Wildman–Crippen MR) is 123 cm³/mol. The summed E-state index contributed by atoms with van der Waals surface area (Å²) < 4.78 is 3.55. The summed E-state index contributed by atoms with van der Waals surface area (Å²) in [6.07, 6.45) is 8.52. The van der Waals surface area contributed by atoms with E-state index in [1.165, 1.54) is 0 Å². The van der Waals surface area contributed by atoms with Gasteiger partial charge in [0.1, 0.15) is 5.69 Å². The van der Waals surface area contributed by atoms with Crippen LogP contribution in [0.15, 0.2) is 79.5 Å². The Kier molecular flexibility index (Phi) is 4.95. The number of pyridine rings is 2. The molecule has 1 N–H and O–H groups in total. The van der Waals surface area contributed by atoms with Gasteiger partial charge in [-0.3, -0.25) is 9.78 Å². The molecular weight excluding hydrogens is 402 g/mol. The lowest BCUT2D eigenvalue weighted by atomic mass is 10.1. The van der Waals surface area contributed by atoms with Crippen LogP contribution in [-0.4, -0.2) is 35.4 Å². The van der Waals surface area contributed by atoms with E-state index < -0.39 is 0 Å². The number of anilines is 1. The average molecular weight is 423 g/mol. The van der Waals surface area contributed by atoms with Crippen LogP contribution in [0, 0.1) is 0 Å². The Balaban J connectivity index is 1.51. The predicted octanol–water partition coefficient (Wildman–Crippen LogP) is 4.51. The van der Waals surface area contributed by atoms with Crippen molar-refractivity contribution in [1.29, 1.82) is 0 Å². The molecule has 158 valence electrons. The monoisotopic (exact) mass is 423 g/mol. The molecule has 0 aliphatic heterocycles. The van der Waals surface area contributed by atoms with Gasteiger partial charge in [0.25, 0.3) is 5.91 Å². The third kappa shape index (κ3) is 3.62. The standard InChI is InChI=1S/C24H21N7O/c1-16(2)31-23-18(13-27-31)11-19(14-26-23)28-24(32)21-15-30(20-8-4-3-5-9-20)29-22(21)17-7-6-10-25-12-17/h3-16H,1-2H3,(H,28,32). The smallest absolute Gasteiger partial charge is 0.259 e. The topological polar surface area (TPSA) is 90.5 Å². The summed E-state index contributed by atoms with van der Waals surface area (Å²) in [5.41, 5.74) is 4.00. The molecule has 0 unspecified atom stereocenters. The van der Waals surface area contributed by atoms with Crippen LogP contribution >= 0.6 is 0 Å². The zero-order valence-corrected chi connectivity index (χ0v) is 17.7. The number of nitrogens with one attached hydrogen (secondary N) is 1. The lowest BCUT2D eigenvalue weighted by Gasteiger charge is -2.08. The fraction of sp³-hybridized carbons (Fsp3) is 0.125. The number of para-hydroxylation sites is 1. The molecule has 1 amide bonds. The Hall–Kier alpha value is -4.33. The van der Waals surface area contributed by atoms with Crippen LogP contribution in [0.3, 0.4) is 0 Å². The lowest BCUT2D eigenvalue weighted by molar-refractivity contribution is 0.102. The number of aromatic nitrogens is 6. The normalized spacial score (nSPS) is 11.2. The maximum atomic E-state index is 13.3. The molecule has 0 spiro atoms. The maximum Gasteiger partial charge on any atom is 0.259 e. The second-order valence-corrected chi connectivity index (χ2v) is 7.69. The molecule has 8 heteroatoms. The fourth-order valence-electron chi connectivity index (χ4n) is 3.55. The molecule has 0 saturated heterocycles. The Bertz CT molecular complexity index is 1390. The maximum absolute atomic E-state index is 13.3. The van der Waals surface area contributed by atoms with E-state index in [2.05, 4.69) is 25.5 Å². The number of hydrogen-bond donors (Lipinski definition) is 1. The van der Waals surface area contributed by atoms with Gasteiger partial charge in [-0.2, -0.15) is 10.2 Å². The molecule has 0 aliphatic rings. The van der Waals surface area contributed by atoms with Crippen molar-refractivity contribution in [3.8, 4) is 16.9 Å². The van der Waals surface area contributed by atoms with Crippen LogP contribution in [0.25, 0.3) is 28.0 Å². The van der Waals surface area contributed by atoms with Gasteiger partial charge in [-0.1, -0.05) is 18.2 Å². The molecule has 0 radical (unpaired) electrons. The van der Waals surface area contributed by atoms with Crippen molar-refractivity contribution in [3.63, 3.8) is 0 Å². The molecular formula is C24H21N7O. The molecule has 0 atom stereocenters. The Morgan fingerprint density at radius 1 is 1.03 bits per heavy atom. The van der Waals surface area contributed by atoms with Crippen molar-refractivity contribution in [2.75, 3.05) is 5.32 Å². The number of fused-ring (bicyclic) bond motifs is 1. The number of benzene rings is 1. The quantitative estimate of drug-likeness (QED) is 0.449. The van der Waals surface area contributed by atoms with Gasteiger partial charge < -0.3 is 5.32 Å². The number of hydrogen-bond acceptors (Lipinski definition) is 5. The molecule has 5 rings (SSSR count). The Morgan fingerprint density at radius 2 is 1.88 bits per heavy atom. The van der Waals surface area contributed by atoms with Gasteiger partial charge in [0.15, 0.2) is 5.65 Å². The van der Waals surface area contributed by atoms with Gasteiger partial charge >= 0.3 is 0 Å². The van der Waals surface area contributed by atoms with E-state index in [1.54, 1.807) is 35.7 Å². The summed E-state index contributed by atoms with van der Waals surface area (Å²) in [7, 11) is 0. The van der Waals surface area contributed by atoms with Crippen molar-refractivity contribution >= 4 is 22.6 Å². The Morgan fingerprint density at radius 3 is 2.62 bits per heavy atom. The summed E-state index contributed by atoms with van der Waals surface area (Å²) in [6.45, 7) is 4.10. The Labute approximate surface area is 184 Å². The van der Waals surface area contributed by atoms with Gasteiger partial charge in [0, 0.05) is 35.6 Å². The summed E-state index contributed by atoms with van der Waals surface area (Å²) >= 11 is 0. The third-order valence-corrected chi connectivity index (χ3v) is 5.09. The highest BCUT2D eigenvalue weighted by Crippen LogP contribution is 2.25. The lowest BCUT2D eigenvalue weighted by Crippen LogP contribution is -2.12. The van der Waals surface area contributed by atoms with Crippen molar-refractivity contribution in [1.82, 2.24) is 29.5 Å². The highest BCUT2D eigenvalue weighted by Gasteiger charge is 2.19. The highest BCUT2D eigenvalue weighted by molar-refractivity contribution is 6.08. The first-order valence-corrected chi connectivity index (χ1v) is 10.3. The number of carbonyl (C=O) groups is 1. The number of carbonyl (C=O) groups excluding carboxylic acids is 1. The zero-order valence-electron chi connectivity index (χ0n) is 17.7. The largest absolute Gasteiger partial charge is 0.320 e. The molecule has 0 bridgehead atoms. The van der Waals surface area contributed by atoms with Crippen molar-refractivity contribution in [2.24, 2.45) is 0 Å². The van der Waals surface area contributed by atoms with Gasteiger partial charge in [0.2, 0.25) is 0 Å². The van der Waals surface area contributed by atoms with Crippen molar-refractivity contribution in [2.45, 2.75) is 19.9 Å². The molecule has 8 nitrogen and oxygen atoms in total. The summed E-state index contributed by atoms with van der Waals surface area (Å²) in [5.74, 6) is -0.275. The van der Waals surface area contributed by atoms with Crippen LogP contribution in [0.2, 0.25) is 0 Å². The first kappa shape index (κ1) is 19.6. The van der Waals surface area contributed by atoms with Crippen molar-refractivity contribution < 1.29 is 4.79 Å². The first-order chi connectivity index (χ1) is 15.6. The minimum atomic E-state index is -0.275. The van der Waals surface area contributed by atoms with E-state index in [-0.39, 0.29) is 11.9 Å². The van der Waals surface area contributed by atoms with E-state index >= 15 is 0 Å². The van der Waals surface area contributed by atoms with E-state index in [0.717, 1.165) is 22.3 Å². The molecule has 4 heterocycles. The summed E-state index contributed by atoms with van der Waals surface area (Å²) in [5, 5.41) is 12.9. The van der Waals surface area contributed by atoms with E-state index in [9.17, 15) is 4.79 Å². The van der Waals surface area contributed by atoms with Gasteiger partial charge in [-0.25, -0.2) is 14.3 Å². The van der Waals surface area contributed by atoms with Crippen LogP contribution in [0.1, 0.15) is 30.2 Å². The molecule has 0 aliphatic carbocycles. The molecule has 0 fully saturated rings. The first-order valence-electron chi connectivity index (χ1n) is 10.3. The number of amides is 1. The number of rotatable bonds is 5. The van der Waals surface area contributed by atoms with Gasteiger partial charge in [0.05, 0.1) is 29.3 Å². The van der Waals surface area contributed by atoms with E-state index in [0.29, 0.717) is 16.9 Å². The SMILES string of the molecule is CC(C)n1ncc2cc(NC(=O)c3cn(-c4ccccc4)nc3-c3cccnc3)cnc21. The zero-order chi connectivity index (χ0) is 22.1. The third-order valence-electron chi connectivity index (χ3n) is 5.09.